The van der Waals surface area contributed by atoms with Gasteiger partial charge in [-0.05, 0) is 26.3 Å². The maximum absolute atomic E-state index is 13.0. The number of carbonyl (C=O) groups excluding carboxylic acids is 2. The number of benzene rings is 1. The second-order valence-electron chi connectivity index (χ2n) is 7.01. The lowest BCUT2D eigenvalue weighted by molar-refractivity contribution is -0.139. The van der Waals surface area contributed by atoms with Crippen LogP contribution in [0.3, 0.4) is 0 Å². The molecule has 3 rings (SSSR count). The molecule has 2 heterocycles. The lowest BCUT2D eigenvalue weighted by Crippen LogP contribution is -2.51. The van der Waals surface area contributed by atoms with E-state index >= 15 is 0 Å². The van der Waals surface area contributed by atoms with E-state index in [0.717, 1.165) is 29.9 Å². The van der Waals surface area contributed by atoms with Gasteiger partial charge in [0, 0.05) is 31.9 Å². The van der Waals surface area contributed by atoms with Gasteiger partial charge in [0.05, 0.1) is 31.4 Å². The fourth-order valence-corrected chi connectivity index (χ4v) is 3.73. The first-order chi connectivity index (χ1) is 13.5. The zero-order valence-electron chi connectivity index (χ0n) is 16.9. The average molecular weight is 387 g/mol. The first kappa shape index (κ1) is 20.4. The van der Waals surface area contributed by atoms with Crippen LogP contribution in [0.4, 0.5) is 4.79 Å². The van der Waals surface area contributed by atoms with Crippen LogP contribution in [0.2, 0.25) is 0 Å². The van der Waals surface area contributed by atoms with Gasteiger partial charge in [0.15, 0.2) is 0 Å². The second-order valence-corrected chi connectivity index (χ2v) is 7.01. The van der Waals surface area contributed by atoms with E-state index in [-0.39, 0.29) is 18.6 Å². The molecule has 2 amide bonds. The van der Waals surface area contributed by atoms with Gasteiger partial charge in [0.2, 0.25) is 0 Å². The number of likely N-dealkylation sites (N-methyl/N-ethyl adjacent to an activating group) is 1. The van der Waals surface area contributed by atoms with Gasteiger partial charge in [-0.25, -0.2) is 9.59 Å². The number of aryl methyl sites for hydroxylation is 1. The maximum atomic E-state index is 13.0. The van der Waals surface area contributed by atoms with Gasteiger partial charge in [-0.2, -0.15) is 0 Å². The number of urea groups is 1. The molecule has 2 aliphatic rings. The van der Waals surface area contributed by atoms with E-state index in [9.17, 15) is 9.59 Å². The van der Waals surface area contributed by atoms with Crippen molar-refractivity contribution in [3.8, 4) is 0 Å². The Balaban J connectivity index is 2.08. The molecule has 0 saturated carbocycles. The highest BCUT2D eigenvalue weighted by molar-refractivity contribution is 5.95. The molecule has 7 heteroatoms. The molecule has 1 fully saturated rings. The highest BCUT2D eigenvalue weighted by atomic mass is 16.5. The number of esters is 1. The molecule has 0 radical (unpaired) electrons. The standard InChI is InChI=1S/C21H29N3O4/c1-4-24-17(14-23-9-11-27-12-10-23)18(20(25)28-5-2)19(22-21(24)26)16-8-6-7-15(3)13-16/h6-8,13,19H,4-5,9-12,14H2,1-3H3,(H,22,26)/t19-/m1/s1. The molecule has 7 nitrogen and oxygen atoms in total. The summed E-state index contributed by atoms with van der Waals surface area (Å²) < 4.78 is 10.8. The van der Waals surface area contributed by atoms with Gasteiger partial charge < -0.3 is 14.8 Å². The lowest BCUT2D eigenvalue weighted by atomic mass is 9.93. The van der Waals surface area contributed by atoms with Crippen molar-refractivity contribution in [2.75, 3.05) is 46.0 Å². The Kier molecular flexibility index (Phi) is 6.70. The number of hydrogen-bond acceptors (Lipinski definition) is 5. The summed E-state index contributed by atoms with van der Waals surface area (Å²) in [7, 11) is 0. The van der Waals surface area contributed by atoms with Crippen molar-refractivity contribution < 1.29 is 19.1 Å². The van der Waals surface area contributed by atoms with Crippen LogP contribution in [-0.2, 0) is 14.3 Å². The summed E-state index contributed by atoms with van der Waals surface area (Å²) in [6.45, 7) is 9.83. The molecule has 0 aliphatic carbocycles. The molecule has 0 unspecified atom stereocenters. The highest BCUT2D eigenvalue weighted by Crippen LogP contribution is 2.32. The van der Waals surface area contributed by atoms with Crippen molar-refractivity contribution in [3.05, 3.63) is 46.7 Å². The number of carbonyl (C=O) groups is 2. The number of ether oxygens (including phenoxy) is 2. The Hall–Kier alpha value is -2.38. The van der Waals surface area contributed by atoms with Crippen LogP contribution in [0, 0.1) is 6.92 Å². The van der Waals surface area contributed by atoms with Crippen molar-refractivity contribution >= 4 is 12.0 Å². The quantitative estimate of drug-likeness (QED) is 0.758. The van der Waals surface area contributed by atoms with Crippen molar-refractivity contribution in [3.63, 3.8) is 0 Å². The molecular weight excluding hydrogens is 358 g/mol. The van der Waals surface area contributed by atoms with Gasteiger partial charge in [0.1, 0.15) is 0 Å². The van der Waals surface area contributed by atoms with E-state index in [1.54, 1.807) is 11.8 Å². The van der Waals surface area contributed by atoms with E-state index < -0.39 is 6.04 Å². The van der Waals surface area contributed by atoms with Crippen molar-refractivity contribution in [2.45, 2.75) is 26.8 Å². The smallest absolute Gasteiger partial charge is 0.338 e. The van der Waals surface area contributed by atoms with Crippen molar-refractivity contribution in [1.82, 2.24) is 15.1 Å². The number of amides is 2. The normalized spacial score (nSPS) is 20.9. The SMILES string of the molecule is CCOC(=O)C1=C(CN2CCOCC2)N(CC)C(=O)N[C@@H]1c1cccc(C)c1. The molecule has 1 aromatic rings. The van der Waals surface area contributed by atoms with Crippen LogP contribution < -0.4 is 5.32 Å². The molecule has 0 aromatic heterocycles. The third-order valence-electron chi connectivity index (χ3n) is 5.10. The summed E-state index contributed by atoms with van der Waals surface area (Å²) in [5.74, 6) is -0.379. The molecule has 2 aliphatic heterocycles. The minimum atomic E-state index is -0.523. The van der Waals surface area contributed by atoms with E-state index in [1.807, 2.05) is 38.1 Å². The fraction of sp³-hybridized carbons (Fsp3) is 0.524. The Labute approximate surface area is 166 Å². The topological polar surface area (TPSA) is 71.1 Å². The molecule has 28 heavy (non-hydrogen) atoms. The highest BCUT2D eigenvalue weighted by Gasteiger charge is 2.38. The van der Waals surface area contributed by atoms with Crippen LogP contribution in [0.5, 0.6) is 0 Å². The van der Waals surface area contributed by atoms with Crippen LogP contribution in [0.1, 0.15) is 31.0 Å². The van der Waals surface area contributed by atoms with Crippen LogP contribution in [0.25, 0.3) is 0 Å². The van der Waals surface area contributed by atoms with E-state index in [4.69, 9.17) is 9.47 Å². The Morgan fingerprint density at radius 2 is 2.04 bits per heavy atom. The first-order valence-corrected chi connectivity index (χ1v) is 9.90. The maximum Gasteiger partial charge on any atom is 0.338 e. The van der Waals surface area contributed by atoms with Gasteiger partial charge in [-0.15, -0.1) is 0 Å². The zero-order valence-corrected chi connectivity index (χ0v) is 16.9. The summed E-state index contributed by atoms with van der Waals surface area (Å²) in [5.41, 5.74) is 3.19. The molecule has 1 N–H and O–H groups in total. The van der Waals surface area contributed by atoms with E-state index in [1.165, 1.54) is 0 Å². The van der Waals surface area contributed by atoms with Crippen LogP contribution >= 0.6 is 0 Å². The van der Waals surface area contributed by atoms with Crippen molar-refractivity contribution in [2.24, 2.45) is 0 Å². The van der Waals surface area contributed by atoms with Crippen molar-refractivity contribution in [1.29, 1.82) is 0 Å². The van der Waals surface area contributed by atoms with Crippen LogP contribution in [0.15, 0.2) is 35.5 Å². The van der Waals surface area contributed by atoms with Gasteiger partial charge in [0.25, 0.3) is 0 Å². The summed E-state index contributed by atoms with van der Waals surface area (Å²) >= 11 is 0. The van der Waals surface area contributed by atoms with Gasteiger partial charge >= 0.3 is 12.0 Å². The predicted molar refractivity (Wildman–Crippen MR) is 106 cm³/mol. The van der Waals surface area contributed by atoms with Gasteiger partial charge in [-0.3, -0.25) is 9.80 Å². The fourth-order valence-electron chi connectivity index (χ4n) is 3.73. The molecule has 1 aromatic carbocycles. The number of morpholine rings is 1. The number of rotatable bonds is 6. The van der Waals surface area contributed by atoms with Gasteiger partial charge in [-0.1, -0.05) is 29.8 Å². The number of nitrogens with one attached hydrogen (secondary N) is 1. The second kappa shape index (κ2) is 9.21. The monoisotopic (exact) mass is 387 g/mol. The minimum Gasteiger partial charge on any atom is -0.463 e. The molecule has 0 bridgehead atoms. The number of hydrogen-bond donors (Lipinski definition) is 1. The molecule has 0 spiro atoms. The zero-order chi connectivity index (χ0) is 20.1. The largest absolute Gasteiger partial charge is 0.463 e. The molecule has 1 saturated heterocycles. The predicted octanol–water partition coefficient (Wildman–Crippen LogP) is 2.23. The molecular formula is C21H29N3O4. The molecule has 1 atom stereocenters. The summed E-state index contributed by atoms with van der Waals surface area (Å²) in [6.07, 6.45) is 0. The molecule has 152 valence electrons. The third kappa shape index (κ3) is 4.36. The lowest BCUT2D eigenvalue weighted by Gasteiger charge is -2.38. The third-order valence-corrected chi connectivity index (χ3v) is 5.10. The minimum absolute atomic E-state index is 0.190. The Bertz CT molecular complexity index is 756. The summed E-state index contributed by atoms with van der Waals surface area (Å²) in [5, 5.41) is 3.00. The Morgan fingerprint density at radius 3 is 2.68 bits per heavy atom. The van der Waals surface area contributed by atoms with E-state index in [2.05, 4.69) is 10.2 Å². The Morgan fingerprint density at radius 1 is 1.29 bits per heavy atom. The average Bonchev–Trinajstić information content (AvgIpc) is 2.68. The summed E-state index contributed by atoms with van der Waals surface area (Å²) in [4.78, 5) is 29.7. The van der Waals surface area contributed by atoms with E-state index in [0.29, 0.717) is 31.9 Å². The van der Waals surface area contributed by atoms with Crippen LogP contribution in [-0.4, -0.2) is 67.8 Å². The summed E-state index contributed by atoms with van der Waals surface area (Å²) in [6, 6.07) is 7.15. The number of nitrogens with zero attached hydrogens (tertiary/aromatic N) is 2. The first-order valence-electron chi connectivity index (χ1n) is 9.90.